The average molecular weight is 263 g/mol. The molecule has 0 radical (unpaired) electrons. The van der Waals surface area contributed by atoms with E-state index in [-0.39, 0.29) is 5.82 Å². The van der Waals surface area contributed by atoms with E-state index in [1.807, 2.05) is 6.07 Å². The third-order valence-electron chi connectivity index (χ3n) is 4.29. The first kappa shape index (κ1) is 12.9. The van der Waals surface area contributed by atoms with Crippen LogP contribution in [0.15, 0.2) is 18.2 Å². The summed E-state index contributed by atoms with van der Waals surface area (Å²) in [6.45, 7) is 5.54. The maximum atomic E-state index is 13.3. The second-order valence-corrected chi connectivity index (χ2v) is 5.81. The number of hydrogen-bond acceptors (Lipinski definition) is 3. The van der Waals surface area contributed by atoms with Crippen molar-refractivity contribution in [2.75, 3.05) is 31.9 Å². The molecule has 0 saturated carbocycles. The second kappa shape index (κ2) is 5.47. The van der Waals surface area contributed by atoms with Crippen LogP contribution in [0.4, 0.5) is 10.1 Å². The van der Waals surface area contributed by atoms with Gasteiger partial charge < -0.3 is 5.73 Å². The van der Waals surface area contributed by atoms with Crippen LogP contribution >= 0.6 is 0 Å². The van der Waals surface area contributed by atoms with E-state index < -0.39 is 0 Å². The third kappa shape index (κ3) is 3.07. The Morgan fingerprint density at radius 3 is 2.68 bits per heavy atom. The van der Waals surface area contributed by atoms with Gasteiger partial charge in [-0.25, -0.2) is 4.39 Å². The van der Waals surface area contributed by atoms with Gasteiger partial charge in [0.05, 0.1) is 0 Å². The molecular weight excluding hydrogens is 241 g/mol. The molecule has 2 heterocycles. The van der Waals surface area contributed by atoms with E-state index in [0.29, 0.717) is 11.7 Å². The number of likely N-dealkylation sites (tertiary alicyclic amines) is 2. The monoisotopic (exact) mass is 263 g/mol. The van der Waals surface area contributed by atoms with Gasteiger partial charge in [0.2, 0.25) is 0 Å². The van der Waals surface area contributed by atoms with Crippen molar-refractivity contribution in [2.24, 2.45) is 0 Å². The number of anilines is 1. The van der Waals surface area contributed by atoms with Crippen LogP contribution < -0.4 is 5.73 Å². The Kier molecular flexibility index (Phi) is 3.71. The molecule has 2 aliphatic rings. The summed E-state index contributed by atoms with van der Waals surface area (Å²) in [6.07, 6.45) is 3.93. The highest BCUT2D eigenvalue weighted by Crippen LogP contribution is 2.22. The quantitative estimate of drug-likeness (QED) is 0.847. The maximum absolute atomic E-state index is 13.3. The number of rotatable bonds is 3. The topological polar surface area (TPSA) is 32.5 Å². The van der Waals surface area contributed by atoms with Gasteiger partial charge in [-0.3, -0.25) is 9.80 Å². The summed E-state index contributed by atoms with van der Waals surface area (Å²) in [7, 11) is 0. The lowest BCUT2D eigenvalue weighted by molar-refractivity contribution is 0.230. The van der Waals surface area contributed by atoms with Crippen LogP contribution in [0, 0.1) is 5.82 Å². The predicted molar refractivity (Wildman–Crippen MR) is 75.3 cm³/mol. The molecule has 3 rings (SSSR count). The van der Waals surface area contributed by atoms with Crippen LogP contribution in [0.25, 0.3) is 0 Å². The molecular formula is C15H22FN3. The highest BCUT2D eigenvalue weighted by Gasteiger charge is 2.29. The molecule has 1 atom stereocenters. The van der Waals surface area contributed by atoms with Gasteiger partial charge in [0.1, 0.15) is 5.82 Å². The zero-order valence-corrected chi connectivity index (χ0v) is 11.3. The molecule has 2 aliphatic heterocycles. The first-order chi connectivity index (χ1) is 9.20. The van der Waals surface area contributed by atoms with Crippen molar-refractivity contribution in [3.05, 3.63) is 29.6 Å². The van der Waals surface area contributed by atoms with Crippen LogP contribution in [0.2, 0.25) is 0 Å². The summed E-state index contributed by atoms with van der Waals surface area (Å²) in [5.74, 6) is -0.231. The molecule has 4 heteroatoms. The Bertz CT molecular complexity index is 423. The Morgan fingerprint density at radius 2 is 1.95 bits per heavy atom. The zero-order chi connectivity index (χ0) is 13.2. The highest BCUT2D eigenvalue weighted by atomic mass is 19.1. The number of benzene rings is 1. The second-order valence-electron chi connectivity index (χ2n) is 5.81. The first-order valence-corrected chi connectivity index (χ1v) is 7.22. The average Bonchev–Trinajstić information content (AvgIpc) is 2.96. The standard InChI is InChI=1S/C15H22FN3/c16-13-7-12(8-14(17)9-13)10-18-6-3-15(11-18)19-4-1-2-5-19/h7-9,15H,1-6,10-11,17H2. The van der Waals surface area contributed by atoms with E-state index in [1.54, 1.807) is 6.07 Å². The Hall–Kier alpha value is -1.13. The van der Waals surface area contributed by atoms with Gasteiger partial charge >= 0.3 is 0 Å². The van der Waals surface area contributed by atoms with Gasteiger partial charge in [0.25, 0.3) is 0 Å². The smallest absolute Gasteiger partial charge is 0.125 e. The third-order valence-corrected chi connectivity index (χ3v) is 4.29. The molecule has 0 spiro atoms. The summed E-state index contributed by atoms with van der Waals surface area (Å²) in [6, 6.07) is 5.56. The molecule has 0 aromatic heterocycles. The van der Waals surface area contributed by atoms with E-state index in [1.165, 1.54) is 38.4 Å². The molecule has 1 aromatic carbocycles. The molecule has 0 amide bonds. The van der Waals surface area contributed by atoms with Crippen molar-refractivity contribution in [2.45, 2.75) is 31.8 Å². The molecule has 104 valence electrons. The van der Waals surface area contributed by atoms with E-state index >= 15 is 0 Å². The van der Waals surface area contributed by atoms with Crippen molar-refractivity contribution in [3.8, 4) is 0 Å². The fourth-order valence-corrected chi connectivity index (χ4v) is 3.39. The summed E-state index contributed by atoms with van der Waals surface area (Å²) in [4.78, 5) is 5.02. The van der Waals surface area contributed by atoms with Crippen LogP contribution in [0.3, 0.4) is 0 Å². The molecule has 2 fully saturated rings. The van der Waals surface area contributed by atoms with E-state index in [4.69, 9.17) is 5.73 Å². The number of nitrogens with two attached hydrogens (primary N) is 1. The van der Waals surface area contributed by atoms with Crippen LogP contribution in [0.1, 0.15) is 24.8 Å². The Labute approximate surface area is 114 Å². The van der Waals surface area contributed by atoms with E-state index in [0.717, 1.165) is 25.2 Å². The largest absolute Gasteiger partial charge is 0.399 e. The normalized spacial score (nSPS) is 25.2. The lowest BCUT2D eigenvalue weighted by Crippen LogP contribution is -2.35. The molecule has 1 unspecified atom stereocenters. The molecule has 2 saturated heterocycles. The lowest BCUT2D eigenvalue weighted by Gasteiger charge is -2.23. The van der Waals surface area contributed by atoms with Gasteiger partial charge in [-0.15, -0.1) is 0 Å². The van der Waals surface area contributed by atoms with Crippen molar-refractivity contribution in [1.82, 2.24) is 9.80 Å². The molecule has 0 bridgehead atoms. The fourth-order valence-electron chi connectivity index (χ4n) is 3.39. The van der Waals surface area contributed by atoms with Gasteiger partial charge in [-0.1, -0.05) is 0 Å². The van der Waals surface area contributed by atoms with Crippen molar-refractivity contribution >= 4 is 5.69 Å². The van der Waals surface area contributed by atoms with E-state index in [9.17, 15) is 4.39 Å². The van der Waals surface area contributed by atoms with Crippen molar-refractivity contribution in [1.29, 1.82) is 0 Å². The Balaban J connectivity index is 1.59. The van der Waals surface area contributed by atoms with Gasteiger partial charge in [0.15, 0.2) is 0 Å². The summed E-state index contributed by atoms with van der Waals surface area (Å²) < 4.78 is 13.3. The minimum Gasteiger partial charge on any atom is -0.399 e. The number of hydrogen-bond donors (Lipinski definition) is 1. The number of nitrogen functional groups attached to an aromatic ring is 1. The minimum atomic E-state index is -0.231. The maximum Gasteiger partial charge on any atom is 0.125 e. The molecule has 0 aliphatic carbocycles. The highest BCUT2D eigenvalue weighted by molar-refractivity contribution is 5.41. The van der Waals surface area contributed by atoms with Crippen LogP contribution in [-0.4, -0.2) is 42.0 Å². The van der Waals surface area contributed by atoms with E-state index in [2.05, 4.69) is 9.80 Å². The van der Waals surface area contributed by atoms with Gasteiger partial charge in [-0.05, 0) is 56.1 Å². The number of halogens is 1. The molecule has 3 nitrogen and oxygen atoms in total. The predicted octanol–water partition coefficient (Wildman–Crippen LogP) is 2.08. The Morgan fingerprint density at radius 1 is 1.16 bits per heavy atom. The first-order valence-electron chi connectivity index (χ1n) is 7.22. The minimum absolute atomic E-state index is 0.231. The summed E-state index contributed by atoms with van der Waals surface area (Å²) in [5, 5.41) is 0. The van der Waals surface area contributed by atoms with Crippen molar-refractivity contribution < 1.29 is 4.39 Å². The SMILES string of the molecule is Nc1cc(F)cc(CN2CCC(N3CCCC3)C2)c1. The zero-order valence-electron chi connectivity index (χ0n) is 11.3. The van der Waals surface area contributed by atoms with Crippen LogP contribution in [0.5, 0.6) is 0 Å². The van der Waals surface area contributed by atoms with Crippen molar-refractivity contribution in [3.63, 3.8) is 0 Å². The number of nitrogens with zero attached hydrogens (tertiary/aromatic N) is 2. The van der Waals surface area contributed by atoms with Crippen LogP contribution in [-0.2, 0) is 6.54 Å². The summed E-state index contributed by atoms with van der Waals surface area (Å²) in [5.41, 5.74) is 7.20. The summed E-state index contributed by atoms with van der Waals surface area (Å²) >= 11 is 0. The molecule has 1 aromatic rings. The fraction of sp³-hybridized carbons (Fsp3) is 0.600. The molecule has 19 heavy (non-hydrogen) atoms. The van der Waals surface area contributed by atoms with Gasteiger partial charge in [-0.2, -0.15) is 0 Å². The molecule has 2 N–H and O–H groups in total. The van der Waals surface area contributed by atoms with Gasteiger partial charge in [0, 0.05) is 31.4 Å². The lowest BCUT2D eigenvalue weighted by atomic mass is 10.2.